The maximum absolute atomic E-state index is 10.0. The zero-order valence-electron chi connectivity index (χ0n) is 15.4. The Kier molecular flexibility index (Phi) is 6.96. The number of hydrogen-bond acceptors (Lipinski definition) is 5. The third-order valence-electron chi connectivity index (χ3n) is 4.02. The van der Waals surface area contributed by atoms with Gasteiger partial charge in [0, 0.05) is 18.2 Å². The normalized spacial score (nSPS) is 14.5. The molecule has 2 aromatic carbocycles. The molecule has 0 bridgehead atoms. The number of rotatable bonds is 8. The summed E-state index contributed by atoms with van der Waals surface area (Å²) < 4.78 is 11.2. The van der Waals surface area contributed by atoms with E-state index in [2.05, 4.69) is 10.9 Å². The van der Waals surface area contributed by atoms with Crippen molar-refractivity contribution in [1.29, 1.82) is 5.41 Å². The van der Waals surface area contributed by atoms with Crippen LogP contribution >= 0.6 is 0 Å². The number of allylic oxidation sites excluding steroid dienone is 4. The van der Waals surface area contributed by atoms with E-state index in [1.807, 2.05) is 60.7 Å². The quantitative estimate of drug-likeness (QED) is 0.680. The summed E-state index contributed by atoms with van der Waals surface area (Å²) in [5, 5.41) is 17.1. The van der Waals surface area contributed by atoms with Gasteiger partial charge in [-0.25, -0.2) is 0 Å². The summed E-state index contributed by atoms with van der Waals surface area (Å²) in [5.74, 6) is 3.71. The van der Waals surface area contributed by atoms with Crippen molar-refractivity contribution < 1.29 is 14.6 Å². The fourth-order valence-electron chi connectivity index (χ4n) is 2.48. The van der Waals surface area contributed by atoms with Crippen molar-refractivity contribution in [3.8, 4) is 5.75 Å². The van der Waals surface area contributed by atoms with Crippen LogP contribution in [0.25, 0.3) is 0 Å². The smallest absolute Gasteiger partial charge is 0.122 e. The first kappa shape index (κ1) is 19.4. The third-order valence-corrected chi connectivity index (χ3v) is 4.02. The summed E-state index contributed by atoms with van der Waals surface area (Å²) in [7, 11) is 0. The molecule has 0 heterocycles. The SMILES string of the molecule is N=C=C1C=CC(OCC(O)COc2ccc(C=Nc3ccccc3)cc2)=CC1. The lowest BCUT2D eigenvalue weighted by atomic mass is 10.1. The molecule has 0 saturated carbocycles. The van der Waals surface area contributed by atoms with Crippen molar-refractivity contribution in [1.82, 2.24) is 0 Å². The summed E-state index contributed by atoms with van der Waals surface area (Å²) in [4.78, 5) is 4.41. The molecule has 2 N–H and O–H groups in total. The monoisotopic (exact) mass is 374 g/mol. The lowest BCUT2D eigenvalue weighted by molar-refractivity contribution is 0.0402. The Balaban J connectivity index is 1.42. The van der Waals surface area contributed by atoms with E-state index in [4.69, 9.17) is 14.9 Å². The molecular weight excluding hydrogens is 352 g/mol. The number of aliphatic hydroxyl groups excluding tert-OH is 1. The maximum atomic E-state index is 10.0. The zero-order chi connectivity index (χ0) is 19.6. The van der Waals surface area contributed by atoms with E-state index in [-0.39, 0.29) is 13.2 Å². The molecule has 0 aliphatic heterocycles. The van der Waals surface area contributed by atoms with E-state index >= 15 is 0 Å². The molecule has 1 aliphatic rings. The summed E-state index contributed by atoms with van der Waals surface area (Å²) in [5.41, 5.74) is 2.67. The average Bonchev–Trinajstić information content (AvgIpc) is 2.76. The number of aliphatic imine (C=N–C) groups is 1. The number of benzene rings is 2. The molecule has 142 valence electrons. The van der Waals surface area contributed by atoms with Crippen LogP contribution in [0.1, 0.15) is 12.0 Å². The molecule has 3 rings (SSSR count). The number of nitrogens with zero attached hydrogens (tertiary/aromatic N) is 1. The number of hydrogen-bond donors (Lipinski definition) is 2. The first-order chi connectivity index (χ1) is 13.7. The molecule has 0 amide bonds. The highest BCUT2D eigenvalue weighted by atomic mass is 16.5. The predicted molar refractivity (Wildman–Crippen MR) is 111 cm³/mol. The second-order valence-electron chi connectivity index (χ2n) is 6.23. The highest BCUT2D eigenvalue weighted by Crippen LogP contribution is 2.16. The number of para-hydroxylation sites is 1. The molecular formula is C23H22N2O3. The standard InChI is InChI=1S/C23H22N2O3/c24-14-18-6-10-22(11-7-18)27-16-21(26)17-28-23-12-8-19(9-13-23)15-25-20-4-2-1-3-5-20/h1-6,8-13,15,21,24,26H,7,16-17H2. The maximum Gasteiger partial charge on any atom is 0.122 e. The molecule has 1 aliphatic carbocycles. The summed E-state index contributed by atoms with van der Waals surface area (Å²) >= 11 is 0. The third kappa shape index (κ3) is 6.09. The highest BCUT2D eigenvalue weighted by molar-refractivity contribution is 5.82. The molecule has 0 radical (unpaired) electrons. The van der Waals surface area contributed by atoms with Crippen molar-refractivity contribution in [2.45, 2.75) is 12.5 Å². The van der Waals surface area contributed by atoms with Gasteiger partial charge in [-0.15, -0.1) is 0 Å². The van der Waals surface area contributed by atoms with Gasteiger partial charge in [-0.1, -0.05) is 18.2 Å². The van der Waals surface area contributed by atoms with Crippen LogP contribution in [-0.2, 0) is 4.74 Å². The van der Waals surface area contributed by atoms with Gasteiger partial charge in [0.2, 0.25) is 0 Å². The Hall–Kier alpha value is -3.40. The van der Waals surface area contributed by atoms with Gasteiger partial charge in [-0.3, -0.25) is 10.4 Å². The fraction of sp³-hybridized carbons (Fsp3) is 0.174. The second-order valence-corrected chi connectivity index (χ2v) is 6.23. The minimum Gasteiger partial charge on any atom is -0.491 e. The van der Waals surface area contributed by atoms with Crippen LogP contribution in [0.3, 0.4) is 0 Å². The van der Waals surface area contributed by atoms with Gasteiger partial charge in [-0.05, 0) is 66.1 Å². The van der Waals surface area contributed by atoms with Crippen LogP contribution in [-0.4, -0.2) is 36.5 Å². The van der Waals surface area contributed by atoms with Gasteiger partial charge in [-0.2, -0.15) is 0 Å². The van der Waals surface area contributed by atoms with Gasteiger partial charge < -0.3 is 14.6 Å². The van der Waals surface area contributed by atoms with Crippen LogP contribution < -0.4 is 4.74 Å². The van der Waals surface area contributed by atoms with Crippen LogP contribution in [0.2, 0.25) is 0 Å². The first-order valence-corrected chi connectivity index (χ1v) is 9.02. The topological polar surface area (TPSA) is 74.9 Å². The van der Waals surface area contributed by atoms with Crippen LogP contribution in [0, 0.1) is 5.41 Å². The van der Waals surface area contributed by atoms with Gasteiger partial charge >= 0.3 is 0 Å². The van der Waals surface area contributed by atoms with Gasteiger partial charge in [0.15, 0.2) is 0 Å². The molecule has 5 heteroatoms. The molecule has 0 spiro atoms. The summed E-state index contributed by atoms with van der Waals surface area (Å²) in [6.45, 7) is 0.279. The molecule has 0 saturated heterocycles. The Morgan fingerprint density at radius 1 is 1.04 bits per heavy atom. The van der Waals surface area contributed by atoms with E-state index in [1.54, 1.807) is 18.4 Å². The van der Waals surface area contributed by atoms with Gasteiger partial charge in [0.25, 0.3) is 0 Å². The van der Waals surface area contributed by atoms with Crippen molar-refractivity contribution in [2.24, 2.45) is 4.99 Å². The van der Waals surface area contributed by atoms with Crippen LogP contribution in [0.15, 0.2) is 89.2 Å². The van der Waals surface area contributed by atoms with E-state index in [1.165, 1.54) is 0 Å². The molecule has 5 nitrogen and oxygen atoms in total. The molecule has 1 unspecified atom stereocenters. The van der Waals surface area contributed by atoms with Gasteiger partial charge in [0.05, 0.1) is 5.69 Å². The van der Waals surface area contributed by atoms with Gasteiger partial charge in [0.1, 0.15) is 30.8 Å². The zero-order valence-corrected chi connectivity index (χ0v) is 15.4. The molecule has 28 heavy (non-hydrogen) atoms. The lowest BCUT2D eigenvalue weighted by Crippen LogP contribution is -2.23. The first-order valence-electron chi connectivity index (χ1n) is 9.02. The molecule has 1 atom stereocenters. The average molecular weight is 374 g/mol. The van der Waals surface area contributed by atoms with Crippen LogP contribution in [0.5, 0.6) is 5.75 Å². The van der Waals surface area contributed by atoms with Crippen LogP contribution in [0.4, 0.5) is 5.69 Å². The Bertz CT molecular complexity index is 909. The highest BCUT2D eigenvalue weighted by Gasteiger charge is 2.09. The van der Waals surface area contributed by atoms with E-state index in [9.17, 15) is 5.11 Å². The summed E-state index contributed by atoms with van der Waals surface area (Å²) in [6.07, 6.45) is 7.08. The minimum absolute atomic E-state index is 0.139. The molecule has 2 aromatic rings. The number of ether oxygens (including phenoxy) is 2. The van der Waals surface area contributed by atoms with E-state index in [0.717, 1.165) is 16.8 Å². The predicted octanol–water partition coefficient (Wildman–Crippen LogP) is 4.21. The number of nitrogens with one attached hydrogen (secondary N) is 1. The summed E-state index contributed by atoms with van der Waals surface area (Å²) in [6, 6.07) is 17.3. The molecule has 0 aromatic heterocycles. The lowest BCUT2D eigenvalue weighted by Gasteiger charge is -2.15. The Labute approximate surface area is 164 Å². The Morgan fingerprint density at radius 3 is 2.46 bits per heavy atom. The van der Waals surface area contributed by atoms with Crippen molar-refractivity contribution >= 4 is 17.8 Å². The van der Waals surface area contributed by atoms with E-state index < -0.39 is 6.10 Å². The minimum atomic E-state index is -0.742. The Morgan fingerprint density at radius 2 is 1.79 bits per heavy atom. The second kappa shape index (κ2) is 10.1. The van der Waals surface area contributed by atoms with Crippen molar-refractivity contribution in [3.63, 3.8) is 0 Å². The van der Waals surface area contributed by atoms with Crippen molar-refractivity contribution in [2.75, 3.05) is 13.2 Å². The molecule has 0 fully saturated rings. The fourth-order valence-corrected chi connectivity index (χ4v) is 2.48. The van der Waals surface area contributed by atoms with E-state index in [0.29, 0.717) is 17.9 Å². The number of aliphatic hydroxyl groups is 1. The van der Waals surface area contributed by atoms with Crippen molar-refractivity contribution in [3.05, 3.63) is 89.7 Å². The largest absolute Gasteiger partial charge is 0.491 e.